The van der Waals surface area contributed by atoms with Crippen LogP contribution in [0.1, 0.15) is 126 Å². The highest BCUT2D eigenvalue weighted by Crippen LogP contribution is 2.51. The Morgan fingerprint density at radius 2 is 1.26 bits per heavy atom. The van der Waals surface area contributed by atoms with E-state index >= 15 is 0 Å². The molecule has 2 heterocycles. The lowest BCUT2D eigenvalue weighted by molar-refractivity contribution is -0.363. The summed E-state index contributed by atoms with van der Waals surface area (Å²) in [5, 5.41) is 14.3. The van der Waals surface area contributed by atoms with Gasteiger partial charge in [0.25, 0.3) is 8.32 Å². The zero-order valence-electron chi connectivity index (χ0n) is 46.2. The fraction of sp³-hybridized carbons (Fsp3) is 0.574. The van der Waals surface area contributed by atoms with Crippen LogP contribution in [-0.4, -0.2) is 92.1 Å². The first-order valence-corrected chi connectivity index (χ1v) is 30.8. The third kappa shape index (κ3) is 13.7. The molecule has 0 radical (unpaired) electrons. The van der Waals surface area contributed by atoms with Crippen molar-refractivity contribution in [1.29, 1.82) is 0 Å². The smallest absolute Gasteiger partial charge is 0.261 e. The van der Waals surface area contributed by atoms with Gasteiger partial charge in [-0.1, -0.05) is 191 Å². The second-order valence-electron chi connectivity index (χ2n) is 23.0. The molecule has 0 bridgehead atoms. The molecule has 0 aromatic heterocycles. The molecule has 0 unspecified atom stereocenters. The molecule has 2 fully saturated rings. The molecule has 6 atom stereocenters. The summed E-state index contributed by atoms with van der Waals surface area (Å²) in [5.41, 5.74) is 4.33. The summed E-state index contributed by atoms with van der Waals surface area (Å²) in [4.78, 5) is 0. The van der Waals surface area contributed by atoms with E-state index in [4.69, 9.17) is 37.3 Å². The van der Waals surface area contributed by atoms with Crippen molar-refractivity contribution in [1.82, 2.24) is 0 Å². The second kappa shape index (κ2) is 25.9. The van der Waals surface area contributed by atoms with Crippen LogP contribution in [0.3, 0.4) is 0 Å². The normalized spacial score (nSPS) is 23.0. The van der Waals surface area contributed by atoms with E-state index in [1.807, 2.05) is 42.5 Å². The standard InChI is InChI=1S/C61H90O9Si2/c1-45(2)71(46(3)4,47(5)6)67-35-33-50-37-54(69-55(38-50)44-65-42-49-29-31-52(63-12)32-30-49)41-61(64-13)60(10,11)58(66-43-48-23-17-14-18-24-48)40-53(70-61)39-51(62)34-36-68-72(59(7,8)9,56-25-19-15-20-26-56)57-27-21-16-22-28-57/h14-33,45-47,51,53-55,58,62H,34-44H2,1-13H3/b50-33-/t51-,53+,54-,55+,58-,61-/m0/s1. The Bertz CT molecular complexity index is 2170. The minimum atomic E-state index is -2.79. The Morgan fingerprint density at radius 3 is 1.81 bits per heavy atom. The molecule has 72 heavy (non-hydrogen) atoms. The quantitative estimate of drug-likeness (QED) is 0.0514. The van der Waals surface area contributed by atoms with Crippen molar-refractivity contribution < 1.29 is 42.4 Å². The van der Waals surface area contributed by atoms with Crippen molar-refractivity contribution in [3.63, 3.8) is 0 Å². The average molecular weight is 1020 g/mol. The molecule has 396 valence electrons. The van der Waals surface area contributed by atoms with Gasteiger partial charge in [-0.2, -0.15) is 0 Å². The predicted molar refractivity (Wildman–Crippen MR) is 297 cm³/mol. The van der Waals surface area contributed by atoms with Gasteiger partial charge in [-0.15, -0.1) is 0 Å². The van der Waals surface area contributed by atoms with Crippen molar-refractivity contribution in [2.24, 2.45) is 5.41 Å². The molecule has 4 aromatic carbocycles. The van der Waals surface area contributed by atoms with E-state index < -0.39 is 33.9 Å². The zero-order valence-corrected chi connectivity index (χ0v) is 48.2. The van der Waals surface area contributed by atoms with Crippen LogP contribution in [0.25, 0.3) is 0 Å². The first-order valence-electron chi connectivity index (χ1n) is 26.8. The van der Waals surface area contributed by atoms with Crippen LogP contribution >= 0.6 is 0 Å². The first kappa shape index (κ1) is 57.8. The van der Waals surface area contributed by atoms with Gasteiger partial charge in [0.05, 0.1) is 64.1 Å². The third-order valence-electron chi connectivity index (χ3n) is 16.0. The number of hydrogen-bond acceptors (Lipinski definition) is 9. The molecule has 1 N–H and O–H groups in total. The first-order chi connectivity index (χ1) is 34.3. The molecule has 2 aliphatic heterocycles. The number of benzene rings is 4. The maximum absolute atomic E-state index is 12.0. The summed E-state index contributed by atoms with van der Waals surface area (Å²) in [7, 11) is -1.45. The van der Waals surface area contributed by atoms with Crippen molar-refractivity contribution in [2.75, 3.05) is 34.0 Å². The maximum Gasteiger partial charge on any atom is 0.261 e. The van der Waals surface area contributed by atoms with Gasteiger partial charge >= 0.3 is 0 Å². The number of methoxy groups -OCH3 is 2. The van der Waals surface area contributed by atoms with Gasteiger partial charge in [0.2, 0.25) is 8.32 Å². The monoisotopic (exact) mass is 1020 g/mol. The highest BCUT2D eigenvalue weighted by molar-refractivity contribution is 6.99. The molecular weight excluding hydrogens is 933 g/mol. The average Bonchev–Trinajstić information content (AvgIpc) is 3.35. The minimum Gasteiger partial charge on any atom is -0.497 e. The van der Waals surface area contributed by atoms with Gasteiger partial charge in [0.1, 0.15) is 5.75 Å². The van der Waals surface area contributed by atoms with Crippen LogP contribution in [0.4, 0.5) is 0 Å². The van der Waals surface area contributed by atoms with Gasteiger partial charge in [-0.05, 0) is 81.0 Å². The minimum absolute atomic E-state index is 0.173. The SMILES string of the molecule is COc1ccc(COC[C@H]2C/C(=C\CO[Si](C(C)C)(C(C)C)C(C)C)C[C@@H](C[C@]3(OC)O[C@H](C[C@@H](O)CCO[Si](c4ccccc4)(c4ccccc4)C(C)(C)C)C[C@H](OCc4ccccc4)C3(C)C)O2)cc1. The topological polar surface area (TPSA) is 94.1 Å². The molecule has 0 amide bonds. The molecular formula is C61H90O9Si2. The molecule has 0 spiro atoms. The molecule has 11 heteroatoms. The van der Waals surface area contributed by atoms with Crippen molar-refractivity contribution in [3.8, 4) is 5.75 Å². The van der Waals surface area contributed by atoms with E-state index in [0.29, 0.717) is 81.8 Å². The van der Waals surface area contributed by atoms with Crippen molar-refractivity contribution >= 4 is 27.0 Å². The molecule has 6 rings (SSSR count). The number of hydrogen-bond donors (Lipinski definition) is 1. The molecule has 2 aliphatic rings. The molecule has 0 saturated carbocycles. The predicted octanol–water partition coefficient (Wildman–Crippen LogP) is 12.7. The maximum atomic E-state index is 12.0. The van der Waals surface area contributed by atoms with Crippen LogP contribution < -0.4 is 15.1 Å². The Hall–Kier alpha value is -3.47. The fourth-order valence-corrected chi connectivity index (χ4v) is 22.2. The Kier molecular flexibility index (Phi) is 20.8. The van der Waals surface area contributed by atoms with Crippen molar-refractivity contribution in [3.05, 3.63) is 138 Å². The summed E-state index contributed by atoms with van der Waals surface area (Å²) in [6.45, 7) is 27.6. The summed E-state index contributed by atoms with van der Waals surface area (Å²) < 4.78 is 54.2. The van der Waals surface area contributed by atoms with Crippen LogP contribution in [0.2, 0.25) is 21.7 Å². The van der Waals surface area contributed by atoms with Crippen LogP contribution in [-0.2, 0) is 45.8 Å². The summed E-state index contributed by atoms with van der Waals surface area (Å²) >= 11 is 0. The van der Waals surface area contributed by atoms with Gasteiger partial charge in [0, 0.05) is 32.0 Å². The lowest BCUT2D eigenvalue weighted by Gasteiger charge is -2.56. The molecule has 4 aromatic rings. The van der Waals surface area contributed by atoms with E-state index in [1.165, 1.54) is 15.9 Å². The van der Waals surface area contributed by atoms with Gasteiger partial charge < -0.3 is 42.4 Å². The van der Waals surface area contributed by atoms with Gasteiger partial charge in [-0.3, -0.25) is 0 Å². The van der Waals surface area contributed by atoms with Crippen LogP contribution in [0.15, 0.2) is 127 Å². The van der Waals surface area contributed by atoms with E-state index in [0.717, 1.165) is 23.3 Å². The fourth-order valence-electron chi connectivity index (χ4n) is 12.2. The highest BCUT2D eigenvalue weighted by Gasteiger charge is 2.58. The van der Waals surface area contributed by atoms with Gasteiger partial charge in [0.15, 0.2) is 5.79 Å². The van der Waals surface area contributed by atoms with Crippen LogP contribution in [0, 0.1) is 5.41 Å². The second-order valence-corrected chi connectivity index (χ2v) is 32.7. The number of aliphatic hydroxyl groups is 1. The largest absolute Gasteiger partial charge is 0.497 e. The molecule has 0 aliphatic carbocycles. The lowest BCUT2D eigenvalue weighted by Crippen LogP contribution is -2.66. The van der Waals surface area contributed by atoms with E-state index in [2.05, 4.69) is 155 Å². The summed E-state index contributed by atoms with van der Waals surface area (Å²) in [6, 6.07) is 39.7. The number of rotatable bonds is 25. The highest BCUT2D eigenvalue weighted by atomic mass is 28.4. The zero-order chi connectivity index (χ0) is 52.2. The summed E-state index contributed by atoms with van der Waals surface area (Å²) in [6.07, 6.45) is 3.96. The van der Waals surface area contributed by atoms with Crippen LogP contribution in [0.5, 0.6) is 5.75 Å². The van der Waals surface area contributed by atoms with E-state index in [9.17, 15) is 5.11 Å². The Labute approximate surface area is 436 Å². The number of aliphatic hydroxyl groups excluding tert-OH is 1. The molecule has 2 saturated heterocycles. The van der Waals surface area contributed by atoms with E-state index in [-0.39, 0.29) is 29.5 Å². The Morgan fingerprint density at radius 1 is 0.708 bits per heavy atom. The summed E-state index contributed by atoms with van der Waals surface area (Å²) in [5.74, 6) is -0.298. The Balaban J connectivity index is 1.25. The van der Waals surface area contributed by atoms with E-state index in [1.54, 1.807) is 14.2 Å². The number of ether oxygens (including phenoxy) is 6. The van der Waals surface area contributed by atoms with Crippen molar-refractivity contribution in [2.45, 2.75) is 186 Å². The van der Waals surface area contributed by atoms with Gasteiger partial charge in [-0.25, -0.2) is 0 Å². The lowest BCUT2D eigenvalue weighted by atomic mass is 9.70. The third-order valence-corrected chi connectivity index (χ3v) is 27.1. The molecule has 9 nitrogen and oxygen atoms in total.